The molecule has 0 radical (unpaired) electrons. The fourth-order valence-corrected chi connectivity index (χ4v) is 5.78. The predicted octanol–water partition coefficient (Wildman–Crippen LogP) is 2.99. The Labute approximate surface area is 234 Å². The summed E-state index contributed by atoms with van der Waals surface area (Å²) >= 11 is 0. The molecule has 3 N–H and O–H groups in total. The number of aliphatic imine (C=N–C) groups is 1. The molecule has 1 unspecified atom stereocenters. The number of nitrogens with zero attached hydrogens (tertiary/aromatic N) is 2. The highest BCUT2D eigenvalue weighted by molar-refractivity contribution is 7.92. The number of nitrogens with one attached hydrogen (secondary N) is 1. The number of amidine groups is 1. The average Bonchev–Trinajstić information content (AvgIpc) is 3.22. The van der Waals surface area contributed by atoms with Crippen molar-refractivity contribution in [1.29, 1.82) is 0 Å². The van der Waals surface area contributed by atoms with Crippen molar-refractivity contribution < 1.29 is 45.7 Å². The van der Waals surface area contributed by atoms with Gasteiger partial charge in [-0.2, -0.15) is 17.5 Å². The maximum Gasteiger partial charge on any atom is 0.419 e. The van der Waals surface area contributed by atoms with Gasteiger partial charge in [0.15, 0.2) is 0 Å². The molecule has 2 aliphatic rings. The molecule has 1 atom stereocenters. The number of sulfonamides is 1. The zero-order valence-corrected chi connectivity index (χ0v) is 22.8. The summed E-state index contributed by atoms with van der Waals surface area (Å²) in [5, 5.41) is 21.7. The molecular weight excluding hydrogens is 570 g/mol. The van der Waals surface area contributed by atoms with E-state index in [0.717, 1.165) is 23.1 Å². The van der Waals surface area contributed by atoms with Crippen LogP contribution in [0.15, 0.2) is 46.8 Å². The van der Waals surface area contributed by atoms with Crippen molar-refractivity contribution in [3.63, 3.8) is 0 Å². The van der Waals surface area contributed by atoms with Crippen molar-refractivity contribution in [3.05, 3.63) is 69.9 Å². The lowest BCUT2D eigenvalue weighted by molar-refractivity contribution is -0.140. The normalized spacial score (nSPS) is 18.5. The van der Waals surface area contributed by atoms with Crippen molar-refractivity contribution in [1.82, 2.24) is 9.62 Å². The van der Waals surface area contributed by atoms with Gasteiger partial charge in [0.2, 0.25) is 10.0 Å². The Morgan fingerprint density at radius 2 is 1.93 bits per heavy atom. The van der Waals surface area contributed by atoms with Gasteiger partial charge in [0.25, 0.3) is 5.91 Å². The second kappa shape index (κ2) is 11.9. The van der Waals surface area contributed by atoms with Gasteiger partial charge in [0.05, 0.1) is 30.4 Å². The number of rotatable bonds is 9. The van der Waals surface area contributed by atoms with Gasteiger partial charge in [-0.15, -0.1) is 0 Å². The number of carbonyl (C=O) groups is 1. The summed E-state index contributed by atoms with van der Waals surface area (Å²) in [5.74, 6) is -1.96. The van der Waals surface area contributed by atoms with Gasteiger partial charge in [0, 0.05) is 24.9 Å². The van der Waals surface area contributed by atoms with Crippen LogP contribution >= 0.6 is 0 Å². The number of hydrogen-bond donors (Lipinski definition) is 3. The molecule has 14 heteroatoms. The molecule has 2 heterocycles. The summed E-state index contributed by atoms with van der Waals surface area (Å²) < 4.78 is 86.7. The Balaban J connectivity index is 1.42. The van der Waals surface area contributed by atoms with E-state index in [0.29, 0.717) is 17.4 Å². The molecule has 1 fully saturated rings. The summed E-state index contributed by atoms with van der Waals surface area (Å²) in [7, 11) is -3.89. The first-order valence-electron chi connectivity index (χ1n) is 12.7. The lowest BCUT2D eigenvalue weighted by atomic mass is 9.89. The Hall–Kier alpha value is -3.33. The molecule has 0 aromatic heterocycles. The van der Waals surface area contributed by atoms with E-state index >= 15 is 0 Å². The van der Waals surface area contributed by atoms with Crippen LogP contribution in [0.1, 0.15) is 41.5 Å². The number of carbonyl (C=O) groups excluding carboxylic acids is 1. The second-order valence-electron chi connectivity index (χ2n) is 9.85. The van der Waals surface area contributed by atoms with E-state index in [2.05, 4.69) is 10.3 Å². The second-order valence-corrected chi connectivity index (χ2v) is 11.7. The molecule has 1 amide bonds. The fourth-order valence-electron chi connectivity index (χ4n) is 4.60. The first kappa shape index (κ1) is 30.6. The summed E-state index contributed by atoms with van der Waals surface area (Å²) in [6, 6.07) is 7.75. The Morgan fingerprint density at radius 3 is 2.56 bits per heavy atom. The van der Waals surface area contributed by atoms with Crippen LogP contribution in [-0.4, -0.2) is 72.6 Å². The minimum Gasteiger partial charge on any atom is -0.493 e. The number of alkyl halides is 3. The third-order valence-corrected chi connectivity index (χ3v) is 8.61. The number of hydrogen-bond acceptors (Lipinski definition) is 7. The fraction of sp³-hybridized carbons (Fsp3) is 0.407. The lowest BCUT2D eigenvalue weighted by Gasteiger charge is -2.34. The van der Waals surface area contributed by atoms with Crippen molar-refractivity contribution in [3.8, 4) is 5.75 Å². The van der Waals surface area contributed by atoms with Crippen molar-refractivity contribution in [2.45, 2.75) is 44.0 Å². The van der Waals surface area contributed by atoms with E-state index in [4.69, 9.17) is 9.84 Å². The molecule has 0 aliphatic carbocycles. The summed E-state index contributed by atoms with van der Waals surface area (Å²) in [5.41, 5.74) is -2.02. The van der Waals surface area contributed by atoms with Crippen LogP contribution in [0.5, 0.6) is 5.75 Å². The Morgan fingerprint density at radius 1 is 1.22 bits per heavy atom. The van der Waals surface area contributed by atoms with E-state index in [1.807, 2.05) is 0 Å². The van der Waals surface area contributed by atoms with E-state index < -0.39 is 50.7 Å². The molecule has 222 valence electrons. The molecule has 0 saturated carbocycles. The van der Waals surface area contributed by atoms with Crippen LogP contribution < -0.4 is 10.1 Å². The number of aliphatic hydroxyl groups is 2. The molecule has 1 spiro atoms. The maximum absolute atomic E-state index is 14.6. The van der Waals surface area contributed by atoms with Crippen molar-refractivity contribution in [2.24, 2.45) is 4.99 Å². The van der Waals surface area contributed by atoms with Gasteiger partial charge in [-0.25, -0.2) is 12.8 Å². The molecule has 2 aromatic carbocycles. The van der Waals surface area contributed by atoms with Crippen LogP contribution in [0.4, 0.5) is 17.6 Å². The lowest BCUT2D eigenvalue weighted by Crippen LogP contribution is -2.50. The first-order chi connectivity index (χ1) is 19.3. The molecule has 0 bridgehead atoms. The topological polar surface area (TPSA) is 129 Å². The Kier molecular flexibility index (Phi) is 8.87. The third kappa shape index (κ3) is 6.77. The van der Waals surface area contributed by atoms with Gasteiger partial charge in [-0.1, -0.05) is 12.1 Å². The molecular formula is C27H29F4N3O6S. The third-order valence-electron chi connectivity index (χ3n) is 7.04. The highest BCUT2D eigenvalue weighted by Crippen LogP contribution is 2.35. The minimum absolute atomic E-state index is 0.0357. The molecule has 4 rings (SSSR count). The van der Waals surface area contributed by atoms with Crippen LogP contribution in [0.3, 0.4) is 0 Å². The number of aliphatic hydroxyl groups excluding tert-OH is 2. The Bertz CT molecular complexity index is 1470. The molecule has 2 aliphatic heterocycles. The predicted molar refractivity (Wildman–Crippen MR) is 142 cm³/mol. The van der Waals surface area contributed by atoms with E-state index in [1.165, 1.54) is 10.4 Å². The van der Waals surface area contributed by atoms with Gasteiger partial charge in [0.1, 0.15) is 22.9 Å². The van der Waals surface area contributed by atoms with Crippen molar-refractivity contribution in [2.75, 3.05) is 26.3 Å². The van der Waals surface area contributed by atoms with E-state index in [9.17, 15) is 35.9 Å². The summed E-state index contributed by atoms with van der Waals surface area (Å²) in [6.45, 7) is 1.45. The SMILES string of the molecule is Cc1cc(OCCC(O)CO)ccc1/C=C/S(=O)(=O)N1CCC2(CC1)N=C(c1cccc(C(F)(F)F)c1F)NC2=O. The van der Waals surface area contributed by atoms with Crippen LogP contribution in [-0.2, 0) is 21.0 Å². The van der Waals surface area contributed by atoms with E-state index in [1.54, 1.807) is 25.1 Å². The van der Waals surface area contributed by atoms with Crippen LogP contribution in [0.25, 0.3) is 6.08 Å². The summed E-state index contributed by atoms with van der Waals surface area (Å²) in [4.78, 5) is 17.0. The summed E-state index contributed by atoms with van der Waals surface area (Å²) in [6.07, 6.45) is -4.18. The average molecular weight is 600 g/mol. The smallest absolute Gasteiger partial charge is 0.419 e. The monoisotopic (exact) mass is 599 g/mol. The molecule has 1 saturated heterocycles. The first-order valence-corrected chi connectivity index (χ1v) is 14.2. The van der Waals surface area contributed by atoms with Gasteiger partial charge in [-0.3, -0.25) is 9.79 Å². The number of piperidine rings is 1. The quantitative estimate of drug-likeness (QED) is 0.381. The van der Waals surface area contributed by atoms with Crippen molar-refractivity contribution >= 4 is 27.8 Å². The number of benzene rings is 2. The molecule has 2 aromatic rings. The zero-order chi connectivity index (χ0) is 30.0. The highest BCUT2D eigenvalue weighted by atomic mass is 32.2. The molecule has 41 heavy (non-hydrogen) atoms. The zero-order valence-electron chi connectivity index (χ0n) is 22.0. The maximum atomic E-state index is 14.6. The standard InChI is InChI=1S/C27H29F4N3O6S/c1-17-15-20(40-13-7-19(36)16-35)6-5-18(17)8-14-41(38,39)34-11-9-26(10-12-34)25(37)32-24(33-26)21-3-2-4-22(23(21)28)27(29,30)31/h2-6,8,14-15,19,35-36H,7,9-13,16H2,1H3,(H,32,33,37)/b14-8+. The number of halogens is 4. The van der Waals surface area contributed by atoms with Crippen LogP contribution in [0.2, 0.25) is 0 Å². The van der Waals surface area contributed by atoms with Crippen LogP contribution in [0, 0.1) is 12.7 Å². The van der Waals surface area contributed by atoms with Gasteiger partial charge < -0.3 is 20.3 Å². The molecule has 9 nitrogen and oxygen atoms in total. The number of aryl methyl sites for hydroxylation is 1. The van der Waals surface area contributed by atoms with Gasteiger partial charge >= 0.3 is 6.18 Å². The van der Waals surface area contributed by atoms with E-state index in [-0.39, 0.29) is 51.4 Å². The number of ether oxygens (including phenoxy) is 1. The number of amides is 1. The highest BCUT2D eigenvalue weighted by Gasteiger charge is 2.48. The minimum atomic E-state index is -4.92. The van der Waals surface area contributed by atoms with Gasteiger partial charge in [-0.05, 0) is 61.2 Å². The largest absolute Gasteiger partial charge is 0.493 e.